The fraction of sp³-hybridized carbons (Fsp3) is 0.368. The third-order valence-corrected chi connectivity index (χ3v) is 5.17. The van der Waals surface area contributed by atoms with Crippen LogP contribution in [0.5, 0.6) is 0 Å². The Balaban J connectivity index is 1.86. The van der Waals surface area contributed by atoms with Crippen molar-refractivity contribution in [1.29, 1.82) is 0 Å². The van der Waals surface area contributed by atoms with E-state index in [0.29, 0.717) is 12.0 Å². The Hall–Kier alpha value is -2.87. The molecule has 0 aliphatic carbocycles. The van der Waals surface area contributed by atoms with Crippen molar-refractivity contribution >= 4 is 34.8 Å². The molecule has 9 heteroatoms. The number of carbonyl (C=O) groups excluding carboxylic acids is 3. The highest BCUT2D eigenvalue weighted by Gasteiger charge is 2.44. The van der Waals surface area contributed by atoms with E-state index < -0.39 is 41.3 Å². The molecule has 1 aromatic carbocycles. The molecule has 2 aliphatic rings. The SMILES string of the molecule is O=C(N[C@H]1C/C=C\C[C@H]2CN(C(=O)Cl)C[C@@H](C(=O)O)N2C1=O)c1ccccc1. The van der Waals surface area contributed by atoms with E-state index in [1.165, 1.54) is 9.80 Å². The number of halogens is 1. The molecule has 0 unspecified atom stereocenters. The molecule has 1 fully saturated rings. The topological polar surface area (TPSA) is 107 Å². The van der Waals surface area contributed by atoms with E-state index in [4.69, 9.17) is 11.6 Å². The van der Waals surface area contributed by atoms with Gasteiger partial charge >= 0.3 is 11.3 Å². The lowest BCUT2D eigenvalue weighted by atomic mass is 9.97. The number of amides is 3. The Morgan fingerprint density at radius 1 is 1.07 bits per heavy atom. The van der Waals surface area contributed by atoms with Crippen molar-refractivity contribution in [1.82, 2.24) is 15.1 Å². The molecule has 3 atom stereocenters. The third-order valence-electron chi connectivity index (χ3n) is 4.93. The van der Waals surface area contributed by atoms with Crippen LogP contribution in [0, 0.1) is 0 Å². The van der Waals surface area contributed by atoms with E-state index in [9.17, 15) is 24.3 Å². The number of benzene rings is 1. The van der Waals surface area contributed by atoms with E-state index in [2.05, 4.69) is 5.32 Å². The quantitative estimate of drug-likeness (QED) is 0.449. The maximum atomic E-state index is 13.2. The van der Waals surface area contributed by atoms with Crippen molar-refractivity contribution in [2.24, 2.45) is 0 Å². The number of piperazine rings is 1. The van der Waals surface area contributed by atoms with Gasteiger partial charge < -0.3 is 20.2 Å². The second-order valence-electron chi connectivity index (χ2n) is 6.75. The molecule has 1 saturated heterocycles. The summed E-state index contributed by atoms with van der Waals surface area (Å²) in [5.74, 6) is -2.11. The Morgan fingerprint density at radius 3 is 2.39 bits per heavy atom. The monoisotopic (exact) mass is 405 g/mol. The number of carboxylic acids is 1. The highest BCUT2D eigenvalue weighted by atomic mass is 35.5. The smallest absolute Gasteiger partial charge is 0.328 e. The van der Waals surface area contributed by atoms with Gasteiger partial charge in [-0.3, -0.25) is 14.4 Å². The highest BCUT2D eigenvalue weighted by Crippen LogP contribution is 2.24. The zero-order valence-electron chi connectivity index (χ0n) is 15.0. The van der Waals surface area contributed by atoms with Gasteiger partial charge in [-0.1, -0.05) is 30.4 Å². The minimum Gasteiger partial charge on any atom is -0.480 e. The van der Waals surface area contributed by atoms with Gasteiger partial charge in [0.05, 0.1) is 12.6 Å². The molecule has 3 rings (SSSR count). The molecule has 0 spiro atoms. The van der Waals surface area contributed by atoms with E-state index in [1.54, 1.807) is 36.4 Å². The molecule has 28 heavy (non-hydrogen) atoms. The number of nitrogens with zero attached hydrogens (tertiary/aromatic N) is 2. The van der Waals surface area contributed by atoms with Gasteiger partial charge in [0.1, 0.15) is 12.1 Å². The first-order valence-electron chi connectivity index (χ1n) is 8.88. The van der Waals surface area contributed by atoms with Crippen LogP contribution in [0.15, 0.2) is 42.5 Å². The van der Waals surface area contributed by atoms with Crippen LogP contribution in [-0.2, 0) is 9.59 Å². The summed E-state index contributed by atoms with van der Waals surface area (Å²) in [7, 11) is 0. The molecule has 0 radical (unpaired) electrons. The van der Waals surface area contributed by atoms with E-state index in [-0.39, 0.29) is 19.5 Å². The summed E-state index contributed by atoms with van der Waals surface area (Å²) >= 11 is 5.55. The molecular formula is C19H20ClN3O5. The van der Waals surface area contributed by atoms with Crippen LogP contribution >= 0.6 is 11.6 Å². The van der Waals surface area contributed by atoms with Gasteiger partial charge in [-0.2, -0.15) is 0 Å². The van der Waals surface area contributed by atoms with E-state index >= 15 is 0 Å². The average molecular weight is 406 g/mol. The number of rotatable bonds is 3. The first kappa shape index (κ1) is 19.9. The largest absolute Gasteiger partial charge is 0.480 e. The molecular weight excluding hydrogens is 386 g/mol. The van der Waals surface area contributed by atoms with Crippen molar-refractivity contribution in [3.8, 4) is 0 Å². The second kappa shape index (κ2) is 8.43. The normalized spacial score (nSPS) is 25.9. The van der Waals surface area contributed by atoms with Crippen molar-refractivity contribution in [3.63, 3.8) is 0 Å². The first-order valence-corrected chi connectivity index (χ1v) is 9.26. The Morgan fingerprint density at radius 2 is 1.75 bits per heavy atom. The molecule has 2 aliphatic heterocycles. The predicted molar refractivity (Wildman–Crippen MR) is 101 cm³/mol. The molecule has 0 aromatic heterocycles. The minimum atomic E-state index is -1.23. The summed E-state index contributed by atoms with van der Waals surface area (Å²) in [4.78, 5) is 51.5. The molecule has 148 valence electrons. The number of hydrogen-bond acceptors (Lipinski definition) is 4. The lowest BCUT2D eigenvalue weighted by molar-refractivity contribution is -0.157. The van der Waals surface area contributed by atoms with Gasteiger partial charge in [-0.25, -0.2) is 4.79 Å². The van der Waals surface area contributed by atoms with Gasteiger partial charge in [0.25, 0.3) is 5.91 Å². The highest BCUT2D eigenvalue weighted by molar-refractivity contribution is 6.62. The van der Waals surface area contributed by atoms with E-state index in [0.717, 1.165) is 0 Å². The number of aliphatic carboxylic acids is 1. The summed E-state index contributed by atoms with van der Waals surface area (Å²) in [5.41, 5.74) is 0.408. The van der Waals surface area contributed by atoms with E-state index in [1.807, 2.05) is 6.08 Å². The van der Waals surface area contributed by atoms with Crippen LogP contribution in [0.2, 0.25) is 0 Å². The maximum absolute atomic E-state index is 13.2. The van der Waals surface area contributed by atoms with Gasteiger partial charge in [-0.15, -0.1) is 0 Å². The summed E-state index contributed by atoms with van der Waals surface area (Å²) in [5, 5.41) is 11.6. The Labute approximate surface area is 166 Å². The zero-order valence-corrected chi connectivity index (χ0v) is 15.7. The molecule has 2 heterocycles. The molecule has 1 aromatic rings. The van der Waals surface area contributed by atoms with Crippen LogP contribution in [0.1, 0.15) is 23.2 Å². The zero-order chi connectivity index (χ0) is 20.3. The molecule has 3 amide bonds. The Kier molecular flexibility index (Phi) is 5.99. The van der Waals surface area contributed by atoms with Gasteiger partial charge in [-0.05, 0) is 36.6 Å². The van der Waals surface area contributed by atoms with Gasteiger partial charge in [0, 0.05) is 12.1 Å². The fourth-order valence-corrected chi connectivity index (χ4v) is 3.69. The number of fused-ring (bicyclic) bond motifs is 1. The van der Waals surface area contributed by atoms with Gasteiger partial charge in [0.2, 0.25) is 5.91 Å². The maximum Gasteiger partial charge on any atom is 0.328 e. The van der Waals surface area contributed by atoms with Crippen molar-refractivity contribution in [3.05, 3.63) is 48.0 Å². The van der Waals surface area contributed by atoms with Crippen LogP contribution in [0.25, 0.3) is 0 Å². The summed E-state index contributed by atoms with van der Waals surface area (Å²) in [6, 6.07) is 5.82. The summed E-state index contributed by atoms with van der Waals surface area (Å²) in [6.45, 7) is -0.0511. The van der Waals surface area contributed by atoms with Crippen molar-refractivity contribution in [2.75, 3.05) is 13.1 Å². The number of nitrogens with one attached hydrogen (secondary N) is 1. The third kappa shape index (κ3) is 4.17. The average Bonchev–Trinajstić information content (AvgIpc) is 2.68. The molecule has 0 saturated carbocycles. The summed E-state index contributed by atoms with van der Waals surface area (Å²) < 4.78 is 0. The summed E-state index contributed by atoms with van der Waals surface area (Å²) in [6.07, 6.45) is 4.26. The molecule has 8 nitrogen and oxygen atoms in total. The predicted octanol–water partition coefficient (Wildman–Crippen LogP) is 1.46. The van der Waals surface area contributed by atoms with Crippen LogP contribution in [-0.4, -0.2) is 69.3 Å². The van der Waals surface area contributed by atoms with Crippen LogP contribution in [0.4, 0.5) is 4.79 Å². The number of hydrogen-bond donors (Lipinski definition) is 2. The van der Waals surface area contributed by atoms with Crippen LogP contribution in [0.3, 0.4) is 0 Å². The second-order valence-corrected chi connectivity index (χ2v) is 7.07. The minimum absolute atomic E-state index is 0.140. The molecule has 2 N–H and O–H groups in total. The lowest BCUT2D eigenvalue weighted by Gasteiger charge is -2.46. The number of carboxylic acid groups (broad SMARTS) is 1. The van der Waals surface area contributed by atoms with Crippen LogP contribution < -0.4 is 5.32 Å². The first-order chi connectivity index (χ1) is 13.4. The standard InChI is InChI=1S/C19H20ClN3O5/c20-19(28)22-10-13-8-4-5-9-14(17(25)23(13)15(11-22)18(26)27)21-16(24)12-6-2-1-3-7-12/h1-7,13-15H,8-11H2,(H,21,24)(H,26,27)/b5-4-/t13-,14-,15-/m0/s1. The van der Waals surface area contributed by atoms with Gasteiger partial charge in [0.15, 0.2) is 0 Å². The fourth-order valence-electron chi connectivity index (χ4n) is 3.55. The molecule has 0 bridgehead atoms. The Bertz CT molecular complexity index is 813. The lowest BCUT2D eigenvalue weighted by Crippen LogP contribution is -2.66. The van der Waals surface area contributed by atoms with Crippen molar-refractivity contribution < 1.29 is 24.3 Å². The van der Waals surface area contributed by atoms with Crippen molar-refractivity contribution in [2.45, 2.75) is 31.0 Å². The number of carbonyl (C=O) groups is 4.